The fourth-order valence-corrected chi connectivity index (χ4v) is 4.63. The zero-order valence-electron chi connectivity index (χ0n) is 21.6. The number of nitriles is 1. The van der Waals surface area contributed by atoms with Gasteiger partial charge in [0.2, 0.25) is 0 Å². The molecule has 0 spiro atoms. The van der Waals surface area contributed by atoms with Gasteiger partial charge >= 0.3 is 6.18 Å². The van der Waals surface area contributed by atoms with Gasteiger partial charge in [0.15, 0.2) is 0 Å². The van der Waals surface area contributed by atoms with Gasteiger partial charge in [-0.2, -0.15) is 18.4 Å². The summed E-state index contributed by atoms with van der Waals surface area (Å²) >= 11 is 0. The van der Waals surface area contributed by atoms with Gasteiger partial charge in [-0.1, -0.05) is 25.0 Å². The van der Waals surface area contributed by atoms with Gasteiger partial charge in [0.05, 0.1) is 12.1 Å². The van der Waals surface area contributed by atoms with Crippen molar-refractivity contribution in [2.24, 2.45) is 5.92 Å². The van der Waals surface area contributed by atoms with Crippen molar-refractivity contribution in [1.29, 1.82) is 5.26 Å². The predicted molar refractivity (Wildman–Crippen MR) is 140 cm³/mol. The maximum atomic E-state index is 14.1. The normalized spacial score (nSPS) is 16.8. The van der Waals surface area contributed by atoms with Gasteiger partial charge in [0.25, 0.3) is 5.91 Å². The van der Waals surface area contributed by atoms with E-state index in [4.69, 9.17) is 5.73 Å². The second-order valence-corrected chi connectivity index (χ2v) is 9.43. The number of amides is 1. The number of pyridine rings is 1. The Hall–Kier alpha value is -4.64. The lowest BCUT2D eigenvalue weighted by molar-refractivity contribution is -0.137. The molecule has 0 saturated carbocycles. The highest BCUT2D eigenvalue weighted by Gasteiger charge is 2.43. The molecule has 8 nitrogen and oxygen atoms in total. The van der Waals surface area contributed by atoms with Crippen molar-refractivity contribution in [3.8, 4) is 17.9 Å². The molecular formula is C28H26F3N7O. The van der Waals surface area contributed by atoms with Crippen molar-refractivity contribution < 1.29 is 18.0 Å². The molecule has 1 aliphatic rings. The van der Waals surface area contributed by atoms with Crippen molar-refractivity contribution >= 4 is 23.2 Å². The van der Waals surface area contributed by atoms with E-state index >= 15 is 0 Å². The number of halogens is 3. The molecule has 3 aromatic rings. The van der Waals surface area contributed by atoms with Gasteiger partial charge < -0.3 is 10.6 Å². The van der Waals surface area contributed by atoms with E-state index in [0.29, 0.717) is 17.8 Å². The van der Waals surface area contributed by atoms with Crippen LogP contribution in [0.1, 0.15) is 41.4 Å². The first-order chi connectivity index (χ1) is 18.5. The van der Waals surface area contributed by atoms with Crippen molar-refractivity contribution in [3.05, 3.63) is 70.5 Å². The molecule has 0 bridgehead atoms. The van der Waals surface area contributed by atoms with Crippen LogP contribution in [-0.4, -0.2) is 40.2 Å². The highest BCUT2D eigenvalue weighted by atomic mass is 19.4. The summed E-state index contributed by atoms with van der Waals surface area (Å²) in [7, 11) is 0. The number of nitrogens with two attached hydrogens (primary N) is 1. The van der Waals surface area contributed by atoms with Crippen LogP contribution in [0.25, 0.3) is 0 Å². The number of nitrogen functional groups attached to an aromatic ring is 1. The Labute approximate surface area is 224 Å². The van der Waals surface area contributed by atoms with Crippen LogP contribution in [0, 0.1) is 42.9 Å². The molecule has 0 unspecified atom stereocenters. The highest BCUT2D eigenvalue weighted by molar-refractivity contribution is 6.00. The molecule has 2 N–H and O–H groups in total. The molecule has 2 atom stereocenters. The topological polar surface area (TPSA) is 112 Å². The van der Waals surface area contributed by atoms with Crippen LogP contribution < -0.4 is 15.5 Å². The number of rotatable bonds is 4. The van der Waals surface area contributed by atoms with Crippen molar-refractivity contribution in [3.63, 3.8) is 0 Å². The average molecular weight is 534 g/mol. The number of nitrogens with zero attached hydrogens (tertiary/aromatic N) is 6. The van der Waals surface area contributed by atoms with Gasteiger partial charge in [0.1, 0.15) is 35.0 Å². The summed E-state index contributed by atoms with van der Waals surface area (Å²) in [6.45, 7) is 5.45. The van der Waals surface area contributed by atoms with Gasteiger partial charge in [-0.15, -0.1) is 10.2 Å². The molecule has 1 saturated heterocycles. The maximum absolute atomic E-state index is 14.1. The number of carbonyl (C=O) groups is 1. The van der Waals surface area contributed by atoms with Crippen molar-refractivity contribution in [1.82, 2.24) is 15.2 Å². The maximum Gasteiger partial charge on any atom is 0.417 e. The Morgan fingerprint density at radius 3 is 2.62 bits per heavy atom. The van der Waals surface area contributed by atoms with Crippen molar-refractivity contribution in [2.45, 2.75) is 39.4 Å². The Kier molecular flexibility index (Phi) is 7.73. The second-order valence-electron chi connectivity index (χ2n) is 9.43. The minimum atomic E-state index is -4.74. The first-order valence-corrected chi connectivity index (χ1v) is 12.2. The fraction of sp³-hybridized carbons (Fsp3) is 0.321. The fourth-order valence-electron chi connectivity index (χ4n) is 4.63. The van der Waals surface area contributed by atoms with E-state index in [1.165, 1.54) is 16.7 Å². The summed E-state index contributed by atoms with van der Waals surface area (Å²) in [6, 6.07) is 12.2. The highest BCUT2D eigenvalue weighted by Crippen LogP contribution is 2.39. The molecule has 200 valence electrons. The standard InChI is InChI=1S/C28H26F3N7O/c1-17-6-4-8-21(14-17)37(12-5-7-20-9-10-24(33)36-35-20)27(39)25-18(2)11-13-38(25)26-22(16-32)23(28(29,30)31)15-19(3)34-26/h4,6,8-10,14-15,18,25H,11-13H2,1-3H3,(H2,33,36)/t18-,25+/m1/s1. The van der Waals surface area contributed by atoms with Crippen LogP contribution in [0.4, 0.5) is 30.5 Å². The molecule has 1 aromatic carbocycles. The summed E-state index contributed by atoms with van der Waals surface area (Å²) in [5.41, 5.74) is 5.90. The second kappa shape index (κ2) is 11.0. The third-order valence-electron chi connectivity index (χ3n) is 6.49. The van der Waals surface area contributed by atoms with E-state index < -0.39 is 23.3 Å². The monoisotopic (exact) mass is 533 g/mol. The molecule has 0 aliphatic carbocycles. The molecule has 2 aromatic heterocycles. The summed E-state index contributed by atoms with van der Waals surface area (Å²) in [6.07, 6.45) is -4.21. The van der Waals surface area contributed by atoms with Gasteiger partial charge in [-0.25, -0.2) is 4.98 Å². The summed E-state index contributed by atoms with van der Waals surface area (Å²) < 4.78 is 41.4. The number of anilines is 3. The van der Waals surface area contributed by atoms with E-state index in [-0.39, 0.29) is 42.2 Å². The quantitative estimate of drug-likeness (QED) is 0.499. The lowest BCUT2D eigenvalue weighted by atomic mass is 10.00. The number of alkyl halides is 3. The van der Waals surface area contributed by atoms with Crippen LogP contribution in [0.3, 0.4) is 0 Å². The minimum absolute atomic E-state index is 0.00838. The number of hydrogen-bond acceptors (Lipinski definition) is 7. The van der Waals surface area contributed by atoms with Gasteiger partial charge in [0, 0.05) is 17.9 Å². The van der Waals surface area contributed by atoms with E-state index in [9.17, 15) is 23.2 Å². The third-order valence-corrected chi connectivity index (χ3v) is 6.49. The number of carbonyl (C=O) groups excluding carboxylic acids is 1. The van der Waals surface area contributed by atoms with E-state index in [1.54, 1.807) is 24.3 Å². The van der Waals surface area contributed by atoms with Crippen LogP contribution in [0.15, 0.2) is 42.5 Å². The summed E-state index contributed by atoms with van der Waals surface area (Å²) in [5.74, 6) is 5.36. The summed E-state index contributed by atoms with van der Waals surface area (Å²) in [4.78, 5) is 21.5. The van der Waals surface area contributed by atoms with E-state index in [2.05, 4.69) is 27.0 Å². The number of aryl methyl sites for hydroxylation is 2. The van der Waals surface area contributed by atoms with Crippen LogP contribution >= 0.6 is 0 Å². The van der Waals surface area contributed by atoms with Gasteiger partial charge in [-0.3, -0.25) is 9.69 Å². The molecule has 3 heterocycles. The first kappa shape index (κ1) is 27.4. The van der Waals surface area contributed by atoms with Crippen LogP contribution in [0.2, 0.25) is 0 Å². The lowest BCUT2D eigenvalue weighted by Crippen LogP contribution is -2.49. The number of aromatic nitrogens is 3. The molecule has 0 radical (unpaired) electrons. The molecule has 11 heteroatoms. The third kappa shape index (κ3) is 5.93. The Balaban J connectivity index is 1.75. The Morgan fingerprint density at radius 1 is 1.21 bits per heavy atom. The molecule has 39 heavy (non-hydrogen) atoms. The number of hydrogen-bond donors (Lipinski definition) is 1. The van der Waals surface area contributed by atoms with Crippen LogP contribution in [-0.2, 0) is 11.0 Å². The summed E-state index contributed by atoms with van der Waals surface area (Å²) in [5, 5.41) is 17.4. The van der Waals surface area contributed by atoms with E-state index in [0.717, 1.165) is 11.6 Å². The van der Waals surface area contributed by atoms with Gasteiger partial charge in [-0.05, 0) is 68.0 Å². The SMILES string of the molecule is Cc1cccc(N(CC#Cc2ccc(N)nn2)C(=O)[C@@H]2[C@H](C)CCN2c2nc(C)cc(C(F)(F)F)c2C#N)c1. The van der Waals surface area contributed by atoms with Crippen molar-refractivity contribution in [2.75, 3.05) is 28.6 Å². The lowest BCUT2D eigenvalue weighted by Gasteiger charge is -2.33. The number of benzene rings is 1. The predicted octanol–water partition coefficient (Wildman–Crippen LogP) is 4.26. The zero-order chi connectivity index (χ0) is 28.3. The zero-order valence-corrected chi connectivity index (χ0v) is 21.6. The minimum Gasteiger partial charge on any atom is -0.382 e. The molecular weight excluding hydrogens is 507 g/mol. The largest absolute Gasteiger partial charge is 0.417 e. The van der Waals surface area contributed by atoms with E-state index in [1.807, 2.05) is 32.0 Å². The smallest absolute Gasteiger partial charge is 0.382 e. The van der Waals surface area contributed by atoms with Crippen LogP contribution in [0.5, 0.6) is 0 Å². The molecule has 1 aliphatic heterocycles. The molecule has 1 fully saturated rings. The molecule has 4 rings (SSSR count). The average Bonchev–Trinajstić information content (AvgIpc) is 3.27. The first-order valence-electron chi connectivity index (χ1n) is 12.2. The molecule has 1 amide bonds. The Morgan fingerprint density at radius 2 is 1.97 bits per heavy atom. The Bertz CT molecular complexity index is 1490.